The number of aliphatic carboxylic acids is 1. The number of aryl methyl sites for hydroxylation is 1. The number of thioether (sulfide) groups is 1. The Bertz CT molecular complexity index is 988. The highest BCUT2D eigenvalue weighted by atomic mass is 32.2. The van der Waals surface area contributed by atoms with Crippen LogP contribution in [0.2, 0.25) is 0 Å². The Labute approximate surface area is 214 Å². The summed E-state index contributed by atoms with van der Waals surface area (Å²) in [6.45, 7) is 5.03. The third-order valence-corrected chi connectivity index (χ3v) is 7.69. The maximum atomic E-state index is 13.2. The number of hydrogen-bond donors (Lipinski definition) is 3. The van der Waals surface area contributed by atoms with Gasteiger partial charge in [0.1, 0.15) is 6.04 Å². The normalized spacial score (nSPS) is 16.0. The van der Waals surface area contributed by atoms with E-state index in [9.17, 15) is 14.7 Å². The lowest BCUT2D eigenvalue weighted by Gasteiger charge is -2.25. The molecule has 2 atom stereocenters. The van der Waals surface area contributed by atoms with Gasteiger partial charge < -0.3 is 15.7 Å². The second kappa shape index (κ2) is 13.7. The van der Waals surface area contributed by atoms with Crippen LogP contribution in [0.1, 0.15) is 73.4 Å². The Kier molecular flexibility index (Phi) is 10.7. The van der Waals surface area contributed by atoms with Crippen LogP contribution < -0.4 is 10.6 Å². The summed E-state index contributed by atoms with van der Waals surface area (Å²) in [5, 5.41) is 16.0. The molecule has 0 spiro atoms. The highest BCUT2D eigenvalue weighted by Crippen LogP contribution is 2.29. The quantitative estimate of drug-likeness (QED) is 0.334. The number of hydrogen-bond acceptors (Lipinski definition) is 4. The van der Waals surface area contributed by atoms with Gasteiger partial charge in [-0.05, 0) is 79.0 Å². The highest BCUT2D eigenvalue weighted by molar-refractivity contribution is 7.98. The van der Waals surface area contributed by atoms with Crippen LogP contribution >= 0.6 is 11.8 Å². The van der Waals surface area contributed by atoms with Gasteiger partial charge in [-0.1, -0.05) is 62.4 Å². The van der Waals surface area contributed by atoms with E-state index in [2.05, 4.69) is 23.6 Å². The van der Waals surface area contributed by atoms with Crippen molar-refractivity contribution in [3.05, 3.63) is 59.2 Å². The Hall–Kier alpha value is -2.31. The van der Waals surface area contributed by atoms with Crippen LogP contribution in [0.3, 0.4) is 0 Å². The predicted molar refractivity (Wildman–Crippen MR) is 146 cm³/mol. The van der Waals surface area contributed by atoms with Crippen LogP contribution in [-0.2, 0) is 11.3 Å². The van der Waals surface area contributed by atoms with Crippen molar-refractivity contribution in [1.82, 2.24) is 10.6 Å². The number of benzene rings is 2. The largest absolute Gasteiger partial charge is 0.480 e. The Morgan fingerprint density at radius 2 is 1.83 bits per heavy atom. The first-order valence-corrected chi connectivity index (χ1v) is 14.2. The van der Waals surface area contributed by atoms with Crippen molar-refractivity contribution < 1.29 is 14.7 Å². The fourth-order valence-electron chi connectivity index (χ4n) is 5.02. The summed E-state index contributed by atoms with van der Waals surface area (Å²) in [5.41, 5.74) is 4.54. The van der Waals surface area contributed by atoms with Crippen LogP contribution in [0.25, 0.3) is 11.1 Å². The zero-order valence-corrected chi connectivity index (χ0v) is 22.1. The fourth-order valence-corrected chi connectivity index (χ4v) is 5.50. The average molecular weight is 497 g/mol. The molecular weight excluding hydrogens is 456 g/mol. The van der Waals surface area contributed by atoms with Gasteiger partial charge in [-0.25, -0.2) is 4.79 Å². The van der Waals surface area contributed by atoms with E-state index in [0.29, 0.717) is 23.8 Å². The minimum absolute atomic E-state index is 0.345. The molecule has 35 heavy (non-hydrogen) atoms. The molecule has 1 fully saturated rings. The van der Waals surface area contributed by atoms with E-state index in [0.717, 1.165) is 34.7 Å². The third-order valence-electron chi connectivity index (χ3n) is 7.04. The minimum Gasteiger partial charge on any atom is -0.480 e. The summed E-state index contributed by atoms with van der Waals surface area (Å²) >= 11 is 1.57. The van der Waals surface area contributed by atoms with Gasteiger partial charge in [-0.3, -0.25) is 4.79 Å². The van der Waals surface area contributed by atoms with Gasteiger partial charge in [0.05, 0.1) is 0 Å². The maximum Gasteiger partial charge on any atom is 0.326 e. The summed E-state index contributed by atoms with van der Waals surface area (Å²) in [5.74, 6) is 0.152. The first-order valence-electron chi connectivity index (χ1n) is 12.8. The molecule has 1 unspecified atom stereocenters. The van der Waals surface area contributed by atoms with E-state index in [1.54, 1.807) is 11.8 Å². The van der Waals surface area contributed by atoms with Crippen molar-refractivity contribution in [2.45, 2.75) is 77.4 Å². The lowest BCUT2D eigenvalue weighted by molar-refractivity contribution is -0.139. The minimum atomic E-state index is -1.00. The van der Waals surface area contributed by atoms with Crippen molar-refractivity contribution in [2.75, 3.05) is 12.0 Å². The Morgan fingerprint density at radius 1 is 1.09 bits per heavy atom. The van der Waals surface area contributed by atoms with Gasteiger partial charge in [0.15, 0.2) is 0 Å². The van der Waals surface area contributed by atoms with E-state index in [4.69, 9.17) is 0 Å². The average Bonchev–Trinajstić information content (AvgIpc) is 2.85. The number of carboxylic acid groups (broad SMARTS) is 1. The molecule has 0 aliphatic heterocycles. The zero-order valence-electron chi connectivity index (χ0n) is 21.3. The first kappa shape index (κ1) is 27.3. The van der Waals surface area contributed by atoms with Crippen LogP contribution in [0.4, 0.5) is 0 Å². The van der Waals surface area contributed by atoms with Crippen molar-refractivity contribution in [3.63, 3.8) is 0 Å². The smallest absolute Gasteiger partial charge is 0.326 e. The molecule has 0 bridgehead atoms. The van der Waals surface area contributed by atoms with Gasteiger partial charge in [0.2, 0.25) is 0 Å². The van der Waals surface area contributed by atoms with Crippen LogP contribution in [-0.4, -0.2) is 41.1 Å². The number of carbonyl (C=O) groups is 2. The van der Waals surface area contributed by atoms with Crippen molar-refractivity contribution in [2.24, 2.45) is 5.92 Å². The molecule has 1 amide bonds. The summed E-state index contributed by atoms with van der Waals surface area (Å²) in [4.78, 5) is 24.9. The molecule has 3 rings (SSSR count). The number of carbonyl (C=O) groups excluding carboxylic acids is 1. The monoisotopic (exact) mass is 496 g/mol. The summed E-state index contributed by atoms with van der Waals surface area (Å²) in [6.07, 6.45) is 10.3. The Balaban J connectivity index is 1.78. The molecule has 0 aromatic heterocycles. The van der Waals surface area contributed by atoms with Crippen molar-refractivity contribution >= 4 is 23.6 Å². The van der Waals surface area contributed by atoms with E-state index < -0.39 is 12.0 Å². The highest BCUT2D eigenvalue weighted by Gasteiger charge is 2.23. The van der Waals surface area contributed by atoms with Gasteiger partial charge in [0, 0.05) is 18.2 Å². The van der Waals surface area contributed by atoms with Crippen LogP contribution in [0, 0.1) is 12.8 Å². The topological polar surface area (TPSA) is 78.4 Å². The third kappa shape index (κ3) is 8.11. The molecule has 0 saturated heterocycles. The van der Waals surface area contributed by atoms with Crippen molar-refractivity contribution in [3.8, 4) is 11.1 Å². The lowest BCUT2D eigenvalue weighted by Crippen LogP contribution is -2.41. The predicted octanol–water partition coefficient (Wildman–Crippen LogP) is 6.05. The van der Waals surface area contributed by atoms with E-state index in [1.165, 1.54) is 38.5 Å². The van der Waals surface area contributed by atoms with E-state index in [1.807, 2.05) is 49.6 Å². The van der Waals surface area contributed by atoms with Gasteiger partial charge >= 0.3 is 5.97 Å². The van der Waals surface area contributed by atoms with E-state index >= 15 is 0 Å². The number of nitrogens with one attached hydrogen (secondary N) is 2. The maximum absolute atomic E-state index is 13.2. The van der Waals surface area contributed by atoms with Crippen LogP contribution in [0.15, 0.2) is 42.5 Å². The number of carboxylic acids is 1. The lowest BCUT2D eigenvalue weighted by atomic mass is 9.85. The number of rotatable bonds is 12. The molecule has 0 radical (unpaired) electrons. The van der Waals surface area contributed by atoms with Crippen LogP contribution in [0.5, 0.6) is 0 Å². The molecule has 1 aliphatic carbocycles. The summed E-state index contributed by atoms with van der Waals surface area (Å²) in [6, 6.07) is 13.5. The van der Waals surface area contributed by atoms with Gasteiger partial charge in [-0.15, -0.1) is 0 Å². The molecular formula is C29H40N2O3S. The molecule has 1 saturated carbocycles. The number of amides is 1. The second-order valence-corrected chi connectivity index (χ2v) is 10.8. The van der Waals surface area contributed by atoms with Crippen molar-refractivity contribution in [1.29, 1.82) is 0 Å². The Morgan fingerprint density at radius 3 is 2.51 bits per heavy atom. The molecule has 3 N–H and O–H groups in total. The molecule has 190 valence electrons. The summed E-state index contributed by atoms with van der Waals surface area (Å²) in [7, 11) is 0. The molecule has 6 heteroatoms. The van der Waals surface area contributed by atoms with E-state index in [-0.39, 0.29) is 5.91 Å². The fraction of sp³-hybridized carbons (Fsp3) is 0.517. The molecule has 2 aromatic carbocycles. The molecule has 1 aliphatic rings. The van der Waals surface area contributed by atoms with Gasteiger partial charge in [-0.2, -0.15) is 11.8 Å². The first-order chi connectivity index (χ1) is 16.9. The molecule has 0 heterocycles. The standard InChI is InChI=1S/C29H40N2O3S/c1-20-9-7-8-12-24(20)26-18-23(19-30-21(2)17-22-10-5-4-6-11-22)13-14-25(26)28(32)31-27(29(33)34)15-16-35-3/h7-9,12-14,18,21-22,27,30H,4-6,10-11,15-17,19H2,1-3H3,(H,31,32)(H,33,34)/t21?,27-/m0/s1. The molecule has 2 aromatic rings. The second-order valence-electron chi connectivity index (χ2n) is 9.86. The van der Waals surface area contributed by atoms with Gasteiger partial charge in [0.25, 0.3) is 5.91 Å². The zero-order chi connectivity index (χ0) is 25.2. The SMILES string of the molecule is CSCC[C@H](NC(=O)c1ccc(CNC(C)CC2CCCCC2)cc1-c1ccccc1C)C(=O)O. The molecule has 5 nitrogen and oxygen atoms in total. The summed E-state index contributed by atoms with van der Waals surface area (Å²) < 4.78 is 0.